The van der Waals surface area contributed by atoms with Crippen LogP contribution >= 0.6 is 15.9 Å². The van der Waals surface area contributed by atoms with Gasteiger partial charge >= 0.3 is 5.97 Å². The summed E-state index contributed by atoms with van der Waals surface area (Å²) in [7, 11) is 0. The quantitative estimate of drug-likeness (QED) is 0.711. The zero-order valence-electron chi connectivity index (χ0n) is 11.6. The zero-order valence-corrected chi connectivity index (χ0v) is 13.2. The van der Waals surface area contributed by atoms with Gasteiger partial charge in [-0.05, 0) is 31.0 Å². The highest BCUT2D eigenvalue weighted by Crippen LogP contribution is 2.17. The van der Waals surface area contributed by atoms with Crippen molar-refractivity contribution in [3.05, 3.63) is 28.7 Å². The second-order valence-corrected chi connectivity index (χ2v) is 5.42. The molecule has 6 heteroatoms. The van der Waals surface area contributed by atoms with Gasteiger partial charge in [-0.25, -0.2) is 0 Å². The first-order valence-corrected chi connectivity index (χ1v) is 7.26. The average molecular weight is 343 g/mol. The third-order valence-electron chi connectivity index (χ3n) is 3.31. The second-order valence-electron chi connectivity index (χ2n) is 4.51. The second kappa shape index (κ2) is 7.40. The maximum Gasteiger partial charge on any atom is 0.323 e. The summed E-state index contributed by atoms with van der Waals surface area (Å²) in [6.07, 6.45) is 0.839. The van der Waals surface area contributed by atoms with Gasteiger partial charge in [0.15, 0.2) is 0 Å². The normalized spacial score (nSPS) is 11.2. The Hall–Kier alpha value is -1.40. The van der Waals surface area contributed by atoms with Crippen LogP contribution in [0.25, 0.3) is 0 Å². The molecule has 0 saturated heterocycles. The molecule has 1 rings (SSSR count). The number of rotatable bonds is 7. The monoisotopic (exact) mass is 342 g/mol. The fourth-order valence-corrected chi connectivity index (χ4v) is 2.30. The van der Waals surface area contributed by atoms with E-state index in [0.717, 1.165) is 4.47 Å². The van der Waals surface area contributed by atoms with Crippen LogP contribution in [-0.2, 0) is 9.59 Å². The highest BCUT2D eigenvalue weighted by molar-refractivity contribution is 9.10. The lowest BCUT2D eigenvalue weighted by Gasteiger charge is -2.27. The summed E-state index contributed by atoms with van der Waals surface area (Å²) in [4.78, 5) is 23.1. The Bertz CT molecular complexity index is 487. The van der Waals surface area contributed by atoms with Crippen LogP contribution in [0, 0.1) is 0 Å². The van der Waals surface area contributed by atoms with Gasteiger partial charge in [0.1, 0.15) is 5.54 Å². The van der Waals surface area contributed by atoms with Crippen molar-refractivity contribution >= 4 is 33.5 Å². The predicted molar refractivity (Wildman–Crippen MR) is 81.7 cm³/mol. The molecule has 0 bridgehead atoms. The summed E-state index contributed by atoms with van der Waals surface area (Å²) in [5, 5.41) is 14.8. The molecule has 3 N–H and O–H groups in total. The number of carbonyl (C=O) groups excluding carboxylic acids is 1. The standard InChI is InChI=1S/C14H19BrN2O3/c1-3-14(4-2,13(19)20)16-9-12(18)17-11-7-5-6-10(15)8-11/h5-8,16H,3-4,9H2,1-2H3,(H,17,18)(H,19,20). The highest BCUT2D eigenvalue weighted by Gasteiger charge is 2.34. The van der Waals surface area contributed by atoms with Crippen molar-refractivity contribution in [2.45, 2.75) is 32.2 Å². The largest absolute Gasteiger partial charge is 0.480 e. The van der Waals surface area contributed by atoms with E-state index in [9.17, 15) is 14.7 Å². The van der Waals surface area contributed by atoms with Gasteiger partial charge < -0.3 is 10.4 Å². The molecule has 0 saturated carbocycles. The van der Waals surface area contributed by atoms with E-state index in [2.05, 4.69) is 26.6 Å². The van der Waals surface area contributed by atoms with E-state index in [-0.39, 0.29) is 12.5 Å². The van der Waals surface area contributed by atoms with Gasteiger partial charge in [-0.1, -0.05) is 35.8 Å². The van der Waals surface area contributed by atoms with Crippen LogP contribution in [0.3, 0.4) is 0 Å². The maximum atomic E-state index is 11.8. The fourth-order valence-electron chi connectivity index (χ4n) is 1.90. The number of anilines is 1. The molecule has 20 heavy (non-hydrogen) atoms. The van der Waals surface area contributed by atoms with Gasteiger partial charge in [0.05, 0.1) is 6.54 Å². The molecule has 0 fully saturated rings. The minimum Gasteiger partial charge on any atom is -0.480 e. The number of carboxylic acid groups (broad SMARTS) is 1. The molecule has 0 heterocycles. The minimum atomic E-state index is -1.05. The molecule has 0 radical (unpaired) electrons. The first-order chi connectivity index (χ1) is 9.43. The van der Waals surface area contributed by atoms with Crippen LogP contribution in [0.15, 0.2) is 28.7 Å². The number of halogens is 1. The van der Waals surface area contributed by atoms with Gasteiger partial charge in [0, 0.05) is 10.2 Å². The lowest BCUT2D eigenvalue weighted by atomic mass is 9.93. The summed E-state index contributed by atoms with van der Waals surface area (Å²) in [5.74, 6) is -1.20. The van der Waals surface area contributed by atoms with Crippen molar-refractivity contribution in [3.63, 3.8) is 0 Å². The Kier molecular flexibility index (Phi) is 6.16. The summed E-state index contributed by atoms with van der Waals surface area (Å²) >= 11 is 3.32. The van der Waals surface area contributed by atoms with E-state index in [0.29, 0.717) is 18.5 Å². The van der Waals surface area contributed by atoms with Crippen molar-refractivity contribution in [3.8, 4) is 0 Å². The van der Waals surface area contributed by atoms with Crippen molar-refractivity contribution in [2.75, 3.05) is 11.9 Å². The minimum absolute atomic E-state index is 0.0412. The average Bonchev–Trinajstić information content (AvgIpc) is 2.40. The van der Waals surface area contributed by atoms with E-state index < -0.39 is 11.5 Å². The number of hydrogen-bond donors (Lipinski definition) is 3. The van der Waals surface area contributed by atoms with Crippen molar-refractivity contribution in [1.29, 1.82) is 0 Å². The summed E-state index contributed by atoms with van der Waals surface area (Å²) < 4.78 is 0.866. The molecule has 0 aliphatic heterocycles. The molecule has 1 aromatic carbocycles. The Morgan fingerprint density at radius 2 is 1.95 bits per heavy atom. The number of benzene rings is 1. The van der Waals surface area contributed by atoms with Crippen molar-refractivity contribution < 1.29 is 14.7 Å². The first-order valence-electron chi connectivity index (χ1n) is 6.47. The number of aliphatic carboxylic acids is 1. The van der Waals surface area contributed by atoms with Crippen LogP contribution in [0.1, 0.15) is 26.7 Å². The zero-order chi connectivity index (χ0) is 15.2. The van der Waals surface area contributed by atoms with Crippen LogP contribution in [0.2, 0.25) is 0 Å². The van der Waals surface area contributed by atoms with Crippen molar-refractivity contribution in [2.24, 2.45) is 0 Å². The summed E-state index contributed by atoms with van der Waals surface area (Å²) in [6, 6.07) is 7.22. The molecular weight excluding hydrogens is 324 g/mol. The molecule has 1 aromatic rings. The number of hydrogen-bond acceptors (Lipinski definition) is 3. The molecule has 0 aliphatic carbocycles. The lowest BCUT2D eigenvalue weighted by molar-refractivity contribution is -0.145. The van der Waals surface area contributed by atoms with Gasteiger partial charge in [-0.2, -0.15) is 0 Å². The molecule has 0 aromatic heterocycles. The smallest absolute Gasteiger partial charge is 0.323 e. The van der Waals surface area contributed by atoms with Crippen LogP contribution < -0.4 is 10.6 Å². The summed E-state index contributed by atoms with van der Waals surface area (Å²) in [6.45, 7) is 3.54. The lowest BCUT2D eigenvalue weighted by Crippen LogP contribution is -2.53. The number of nitrogens with one attached hydrogen (secondary N) is 2. The molecule has 0 aliphatic rings. The van der Waals surface area contributed by atoms with E-state index in [1.54, 1.807) is 26.0 Å². The molecule has 5 nitrogen and oxygen atoms in total. The van der Waals surface area contributed by atoms with E-state index >= 15 is 0 Å². The third kappa shape index (κ3) is 4.31. The predicted octanol–water partition coefficient (Wildman–Crippen LogP) is 2.62. The molecule has 0 unspecified atom stereocenters. The van der Waals surface area contributed by atoms with Gasteiger partial charge in [0.2, 0.25) is 5.91 Å². The van der Waals surface area contributed by atoms with Gasteiger partial charge in [0.25, 0.3) is 0 Å². The van der Waals surface area contributed by atoms with E-state index in [1.807, 2.05) is 12.1 Å². The highest BCUT2D eigenvalue weighted by atomic mass is 79.9. The van der Waals surface area contributed by atoms with E-state index in [4.69, 9.17) is 0 Å². The maximum absolute atomic E-state index is 11.8. The number of amides is 1. The summed E-state index contributed by atoms with van der Waals surface area (Å²) in [5.41, 5.74) is -0.380. The molecule has 0 atom stereocenters. The number of carbonyl (C=O) groups is 2. The fraction of sp³-hybridized carbons (Fsp3) is 0.429. The number of carboxylic acids is 1. The van der Waals surface area contributed by atoms with Gasteiger partial charge in [-0.15, -0.1) is 0 Å². The Morgan fingerprint density at radius 3 is 2.45 bits per heavy atom. The van der Waals surface area contributed by atoms with Crippen LogP contribution in [0.4, 0.5) is 5.69 Å². The molecule has 1 amide bonds. The first kappa shape index (κ1) is 16.7. The SMILES string of the molecule is CCC(CC)(NCC(=O)Nc1cccc(Br)c1)C(=O)O. The topological polar surface area (TPSA) is 78.4 Å². The Balaban J connectivity index is 2.61. The molecule has 110 valence electrons. The van der Waals surface area contributed by atoms with Gasteiger partial charge in [-0.3, -0.25) is 14.9 Å². The van der Waals surface area contributed by atoms with Crippen molar-refractivity contribution in [1.82, 2.24) is 5.32 Å². The third-order valence-corrected chi connectivity index (χ3v) is 3.81. The van der Waals surface area contributed by atoms with Crippen LogP contribution in [0.5, 0.6) is 0 Å². The Labute approximate surface area is 126 Å². The Morgan fingerprint density at radius 1 is 1.30 bits per heavy atom. The van der Waals surface area contributed by atoms with E-state index in [1.165, 1.54) is 0 Å². The molecule has 0 spiro atoms. The van der Waals surface area contributed by atoms with Crippen LogP contribution in [-0.4, -0.2) is 29.1 Å². The molecular formula is C14H19BrN2O3.